The summed E-state index contributed by atoms with van der Waals surface area (Å²) in [7, 11) is 0. The second-order valence-electron chi connectivity index (χ2n) is 6.23. The number of amides is 1. The van der Waals surface area contributed by atoms with Crippen LogP contribution in [0.3, 0.4) is 0 Å². The van der Waals surface area contributed by atoms with Crippen molar-refractivity contribution in [2.45, 2.75) is 72.9 Å². The van der Waals surface area contributed by atoms with Crippen LogP contribution in [0.5, 0.6) is 0 Å². The average molecular weight is 256 g/mol. The smallest absolute Gasteiger partial charge is 0.236 e. The van der Waals surface area contributed by atoms with Gasteiger partial charge in [0.25, 0.3) is 0 Å². The molecule has 3 nitrogen and oxygen atoms in total. The summed E-state index contributed by atoms with van der Waals surface area (Å²) in [5, 5.41) is 6.34. The van der Waals surface area contributed by atoms with Crippen LogP contribution in [-0.4, -0.2) is 24.5 Å². The Morgan fingerprint density at radius 1 is 0.889 bits per heavy atom. The fraction of sp³-hybridized carbons (Fsp3) is 0.933. The summed E-state index contributed by atoms with van der Waals surface area (Å²) in [4.78, 5) is 11.8. The molecule has 2 unspecified atom stereocenters. The fourth-order valence-corrected chi connectivity index (χ4v) is 1.81. The molecule has 0 saturated carbocycles. The van der Waals surface area contributed by atoms with E-state index in [1.54, 1.807) is 0 Å². The van der Waals surface area contributed by atoms with Crippen LogP contribution in [0.1, 0.15) is 60.8 Å². The minimum Gasteiger partial charge on any atom is -0.355 e. The molecule has 0 aromatic rings. The molecule has 0 radical (unpaired) electrons. The van der Waals surface area contributed by atoms with Crippen molar-refractivity contribution in [2.24, 2.45) is 11.8 Å². The molecule has 108 valence electrons. The Hall–Kier alpha value is -0.570. The minimum atomic E-state index is -0.0978. The topological polar surface area (TPSA) is 41.1 Å². The Bertz CT molecular complexity index is 227. The van der Waals surface area contributed by atoms with E-state index in [2.05, 4.69) is 45.3 Å². The highest BCUT2D eigenvalue weighted by Crippen LogP contribution is 2.07. The third-order valence-corrected chi connectivity index (χ3v) is 3.13. The van der Waals surface area contributed by atoms with Crippen molar-refractivity contribution in [3.63, 3.8) is 0 Å². The van der Waals surface area contributed by atoms with Crippen LogP contribution in [0, 0.1) is 11.8 Å². The molecule has 0 bridgehead atoms. The van der Waals surface area contributed by atoms with Gasteiger partial charge in [-0.3, -0.25) is 4.79 Å². The van der Waals surface area contributed by atoms with E-state index in [9.17, 15) is 4.79 Å². The quantitative estimate of drug-likeness (QED) is 0.666. The Morgan fingerprint density at radius 2 is 1.44 bits per heavy atom. The summed E-state index contributed by atoms with van der Waals surface area (Å²) < 4.78 is 0. The normalized spacial score (nSPS) is 14.9. The van der Waals surface area contributed by atoms with Gasteiger partial charge in [-0.25, -0.2) is 0 Å². The molecule has 0 spiro atoms. The molecule has 0 fully saturated rings. The Kier molecular flexibility index (Phi) is 9.08. The summed E-state index contributed by atoms with van der Waals surface area (Å²) in [5.41, 5.74) is 0. The van der Waals surface area contributed by atoms with Crippen molar-refractivity contribution < 1.29 is 4.79 Å². The van der Waals surface area contributed by atoms with Crippen molar-refractivity contribution >= 4 is 5.91 Å². The number of nitrogens with one attached hydrogen (secondary N) is 2. The zero-order valence-electron chi connectivity index (χ0n) is 13.0. The van der Waals surface area contributed by atoms with Gasteiger partial charge in [-0.05, 0) is 44.9 Å². The van der Waals surface area contributed by atoms with Gasteiger partial charge < -0.3 is 10.6 Å². The van der Waals surface area contributed by atoms with E-state index in [0.717, 1.165) is 25.3 Å². The first-order chi connectivity index (χ1) is 8.32. The van der Waals surface area contributed by atoms with E-state index < -0.39 is 0 Å². The van der Waals surface area contributed by atoms with Gasteiger partial charge in [-0.15, -0.1) is 0 Å². The standard InChI is InChI=1S/C15H32N2O/c1-11(2)7-8-13(5)17-14(6)15(18)16-10-9-12(3)4/h11-14,17H,7-10H2,1-6H3,(H,16,18). The minimum absolute atomic E-state index is 0.0978. The number of hydrogen-bond donors (Lipinski definition) is 2. The van der Waals surface area contributed by atoms with Gasteiger partial charge in [0.2, 0.25) is 5.91 Å². The molecule has 0 aliphatic heterocycles. The molecular formula is C15H32N2O. The van der Waals surface area contributed by atoms with Gasteiger partial charge in [0.1, 0.15) is 0 Å². The van der Waals surface area contributed by atoms with Gasteiger partial charge in [0.05, 0.1) is 6.04 Å². The van der Waals surface area contributed by atoms with E-state index in [4.69, 9.17) is 0 Å². The fourth-order valence-electron chi connectivity index (χ4n) is 1.81. The second-order valence-corrected chi connectivity index (χ2v) is 6.23. The summed E-state index contributed by atoms with van der Waals surface area (Å²) in [5.74, 6) is 1.48. The Morgan fingerprint density at radius 3 is 1.94 bits per heavy atom. The molecule has 2 N–H and O–H groups in total. The molecule has 18 heavy (non-hydrogen) atoms. The van der Waals surface area contributed by atoms with Gasteiger partial charge in [0.15, 0.2) is 0 Å². The van der Waals surface area contributed by atoms with Crippen molar-refractivity contribution in [3.05, 3.63) is 0 Å². The predicted octanol–water partition coefficient (Wildman–Crippen LogP) is 2.95. The lowest BCUT2D eigenvalue weighted by molar-refractivity contribution is -0.122. The third-order valence-electron chi connectivity index (χ3n) is 3.13. The first-order valence-corrected chi connectivity index (χ1v) is 7.36. The Labute approximate surface area is 113 Å². The van der Waals surface area contributed by atoms with Crippen molar-refractivity contribution in [1.82, 2.24) is 10.6 Å². The van der Waals surface area contributed by atoms with E-state index in [1.165, 1.54) is 6.42 Å². The highest BCUT2D eigenvalue weighted by molar-refractivity contribution is 5.81. The average Bonchev–Trinajstić information content (AvgIpc) is 2.25. The second kappa shape index (κ2) is 9.37. The SMILES string of the molecule is CC(C)CCNC(=O)C(C)NC(C)CCC(C)C. The highest BCUT2D eigenvalue weighted by atomic mass is 16.2. The third kappa shape index (κ3) is 9.46. The van der Waals surface area contributed by atoms with Gasteiger partial charge >= 0.3 is 0 Å². The van der Waals surface area contributed by atoms with E-state index in [1.807, 2.05) is 6.92 Å². The zero-order chi connectivity index (χ0) is 14.1. The van der Waals surface area contributed by atoms with Crippen LogP contribution in [-0.2, 0) is 4.79 Å². The van der Waals surface area contributed by atoms with Gasteiger partial charge in [-0.2, -0.15) is 0 Å². The summed E-state index contributed by atoms with van der Waals surface area (Å²) in [6, 6.07) is 0.303. The largest absolute Gasteiger partial charge is 0.355 e. The summed E-state index contributed by atoms with van der Waals surface area (Å²) in [6.45, 7) is 13.7. The molecule has 0 aliphatic rings. The molecule has 0 heterocycles. The van der Waals surface area contributed by atoms with E-state index in [-0.39, 0.29) is 11.9 Å². The lowest BCUT2D eigenvalue weighted by Crippen LogP contribution is -2.46. The lowest BCUT2D eigenvalue weighted by Gasteiger charge is -2.20. The first-order valence-electron chi connectivity index (χ1n) is 7.36. The van der Waals surface area contributed by atoms with E-state index in [0.29, 0.717) is 12.0 Å². The first kappa shape index (κ1) is 17.4. The number of rotatable bonds is 9. The van der Waals surface area contributed by atoms with Crippen LogP contribution in [0.15, 0.2) is 0 Å². The van der Waals surface area contributed by atoms with Crippen LogP contribution in [0.4, 0.5) is 0 Å². The number of carbonyl (C=O) groups excluding carboxylic acids is 1. The molecule has 0 rings (SSSR count). The number of hydrogen-bond acceptors (Lipinski definition) is 2. The van der Waals surface area contributed by atoms with Crippen LogP contribution in [0.25, 0.3) is 0 Å². The molecule has 3 heteroatoms. The molecule has 0 aromatic heterocycles. The monoisotopic (exact) mass is 256 g/mol. The molecule has 1 amide bonds. The van der Waals surface area contributed by atoms with Crippen LogP contribution >= 0.6 is 0 Å². The molecule has 0 saturated heterocycles. The van der Waals surface area contributed by atoms with Gasteiger partial charge in [0, 0.05) is 12.6 Å². The van der Waals surface area contributed by atoms with Crippen LogP contribution in [0.2, 0.25) is 0 Å². The van der Waals surface area contributed by atoms with Crippen molar-refractivity contribution in [2.75, 3.05) is 6.54 Å². The van der Waals surface area contributed by atoms with Gasteiger partial charge in [-0.1, -0.05) is 27.7 Å². The van der Waals surface area contributed by atoms with Crippen molar-refractivity contribution in [1.29, 1.82) is 0 Å². The lowest BCUT2D eigenvalue weighted by atomic mass is 10.0. The molecule has 0 aliphatic carbocycles. The van der Waals surface area contributed by atoms with E-state index >= 15 is 0 Å². The molecular weight excluding hydrogens is 224 g/mol. The molecule has 0 aromatic carbocycles. The zero-order valence-corrected chi connectivity index (χ0v) is 13.0. The van der Waals surface area contributed by atoms with Crippen LogP contribution < -0.4 is 10.6 Å². The maximum atomic E-state index is 11.8. The maximum absolute atomic E-state index is 11.8. The highest BCUT2D eigenvalue weighted by Gasteiger charge is 2.14. The predicted molar refractivity (Wildman–Crippen MR) is 78.6 cm³/mol. The Balaban J connectivity index is 3.78. The number of carbonyl (C=O) groups is 1. The van der Waals surface area contributed by atoms with Crippen molar-refractivity contribution in [3.8, 4) is 0 Å². The maximum Gasteiger partial charge on any atom is 0.236 e. The molecule has 2 atom stereocenters. The summed E-state index contributed by atoms with van der Waals surface area (Å²) >= 11 is 0. The summed E-state index contributed by atoms with van der Waals surface area (Å²) in [6.07, 6.45) is 3.37.